The summed E-state index contributed by atoms with van der Waals surface area (Å²) in [5.41, 5.74) is 0. The van der Waals surface area contributed by atoms with Crippen LogP contribution in [-0.2, 0) is 4.79 Å². The molecule has 0 saturated carbocycles. The SMILES string of the molecule is CCCCCCCNCNCCCCCNCCNCCNCC(=O)O. The second-order valence-corrected chi connectivity index (χ2v) is 6.72. The third-order valence-corrected chi connectivity index (χ3v) is 4.15. The van der Waals surface area contributed by atoms with Gasteiger partial charge in [-0.05, 0) is 38.9 Å². The molecule has 0 bridgehead atoms. The Morgan fingerprint density at radius 1 is 0.615 bits per heavy atom. The molecule has 156 valence electrons. The van der Waals surface area contributed by atoms with Crippen molar-refractivity contribution < 1.29 is 9.90 Å². The normalized spacial score (nSPS) is 11.1. The molecular formula is C19H43N5O2. The van der Waals surface area contributed by atoms with Gasteiger partial charge in [0.15, 0.2) is 0 Å². The van der Waals surface area contributed by atoms with Gasteiger partial charge in [-0.25, -0.2) is 0 Å². The van der Waals surface area contributed by atoms with E-state index in [1.807, 2.05) is 0 Å². The second-order valence-electron chi connectivity index (χ2n) is 6.72. The summed E-state index contributed by atoms with van der Waals surface area (Å²) < 4.78 is 0. The number of rotatable bonds is 22. The number of nitrogens with one attached hydrogen (secondary N) is 5. The predicted octanol–water partition coefficient (Wildman–Crippen LogP) is 1.12. The van der Waals surface area contributed by atoms with Crippen molar-refractivity contribution in [2.75, 3.05) is 59.0 Å². The van der Waals surface area contributed by atoms with Crippen LogP contribution in [0.1, 0.15) is 58.3 Å². The van der Waals surface area contributed by atoms with E-state index in [4.69, 9.17) is 5.11 Å². The minimum atomic E-state index is -0.809. The van der Waals surface area contributed by atoms with Gasteiger partial charge in [-0.1, -0.05) is 39.0 Å². The van der Waals surface area contributed by atoms with Crippen LogP contribution >= 0.6 is 0 Å². The Morgan fingerprint density at radius 3 is 1.65 bits per heavy atom. The highest BCUT2D eigenvalue weighted by atomic mass is 16.4. The highest BCUT2D eigenvalue weighted by Crippen LogP contribution is 2.00. The van der Waals surface area contributed by atoms with Crippen LogP contribution in [-0.4, -0.2) is 70.1 Å². The van der Waals surface area contributed by atoms with Crippen LogP contribution in [0.2, 0.25) is 0 Å². The first-order valence-corrected chi connectivity index (χ1v) is 10.5. The van der Waals surface area contributed by atoms with E-state index in [1.165, 1.54) is 51.4 Å². The molecule has 0 amide bonds. The van der Waals surface area contributed by atoms with Crippen molar-refractivity contribution >= 4 is 5.97 Å². The number of hydrogen-bond donors (Lipinski definition) is 6. The molecule has 0 aromatic carbocycles. The van der Waals surface area contributed by atoms with Gasteiger partial charge in [0.25, 0.3) is 0 Å². The third kappa shape index (κ3) is 23.3. The van der Waals surface area contributed by atoms with Crippen LogP contribution in [0.25, 0.3) is 0 Å². The van der Waals surface area contributed by atoms with E-state index in [9.17, 15) is 4.79 Å². The molecule has 0 atom stereocenters. The van der Waals surface area contributed by atoms with Crippen molar-refractivity contribution in [1.29, 1.82) is 0 Å². The summed E-state index contributed by atoms with van der Waals surface area (Å²) in [7, 11) is 0. The van der Waals surface area contributed by atoms with Gasteiger partial charge in [0.1, 0.15) is 0 Å². The predicted molar refractivity (Wildman–Crippen MR) is 110 cm³/mol. The first kappa shape index (κ1) is 25.3. The second kappa shape index (κ2) is 22.3. The van der Waals surface area contributed by atoms with Crippen molar-refractivity contribution in [3.8, 4) is 0 Å². The van der Waals surface area contributed by atoms with E-state index >= 15 is 0 Å². The van der Waals surface area contributed by atoms with Crippen LogP contribution in [0.3, 0.4) is 0 Å². The molecule has 6 N–H and O–H groups in total. The van der Waals surface area contributed by atoms with E-state index in [-0.39, 0.29) is 6.54 Å². The van der Waals surface area contributed by atoms with Crippen molar-refractivity contribution in [2.24, 2.45) is 0 Å². The number of aliphatic carboxylic acids is 1. The van der Waals surface area contributed by atoms with Crippen LogP contribution in [0.4, 0.5) is 0 Å². The molecule has 0 aromatic heterocycles. The molecule has 0 aliphatic carbocycles. The molecular weight excluding hydrogens is 330 g/mol. The highest BCUT2D eigenvalue weighted by molar-refractivity contribution is 5.68. The quantitative estimate of drug-likeness (QED) is 0.125. The number of carbonyl (C=O) groups is 1. The molecule has 0 rings (SSSR count). The maximum absolute atomic E-state index is 10.3. The molecule has 0 saturated heterocycles. The number of carboxylic acid groups (broad SMARTS) is 1. The summed E-state index contributed by atoms with van der Waals surface area (Å²) in [6.45, 7) is 9.86. The van der Waals surface area contributed by atoms with Crippen molar-refractivity contribution in [2.45, 2.75) is 58.3 Å². The van der Waals surface area contributed by atoms with Gasteiger partial charge in [0.05, 0.1) is 6.54 Å². The fourth-order valence-corrected chi connectivity index (χ4v) is 2.59. The van der Waals surface area contributed by atoms with E-state index in [2.05, 4.69) is 33.5 Å². The van der Waals surface area contributed by atoms with Crippen LogP contribution < -0.4 is 26.6 Å². The Bertz CT molecular complexity index is 293. The summed E-state index contributed by atoms with van der Waals surface area (Å²) in [6.07, 6.45) is 10.4. The first-order valence-electron chi connectivity index (χ1n) is 10.5. The lowest BCUT2D eigenvalue weighted by atomic mass is 10.1. The van der Waals surface area contributed by atoms with Crippen molar-refractivity contribution in [3.63, 3.8) is 0 Å². The fourth-order valence-electron chi connectivity index (χ4n) is 2.59. The average Bonchev–Trinajstić information content (AvgIpc) is 2.62. The summed E-state index contributed by atoms with van der Waals surface area (Å²) in [5.74, 6) is -0.809. The van der Waals surface area contributed by atoms with Gasteiger partial charge in [-0.15, -0.1) is 0 Å². The first-order chi connectivity index (χ1) is 12.8. The van der Waals surface area contributed by atoms with Crippen LogP contribution in [0, 0.1) is 0 Å². The molecule has 0 aliphatic heterocycles. The smallest absolute Gasteiger partial charge is 0.317 e. The zero-order chi connectivity index (χ0) is 19.1. The Morgan fingerprint density at radius 2 is 1.08 bits per heavy atom. The molecule has 26 heavy (non-hydrogen) atoms. The molecule has 0 aliphatic rings. The molecule has 0 aromatic rings. The van der Waals surface area contributed by atoms with Crippen molar-refractivity contribution in [1.82, 2.24) is 26.6 Å². The van der Waals surface area contributed by atoms with Gasteiger partial charge in [-0.3, -0.25) is 4.79 Å². The topological polar surface area (TPSA) is 97.5 Å². The van der Waals surface area contributed by atoms with Crippen molar-refractivity contribution in [3.05, 3.63) is 0 Å². The van der Waals surface area contributed by atoms with E-state index < -0.39 is 5.97 Å². The lowest BCUT2D eigenvalue weighted by molar-refractivity contribution is -0.135. The maximum atomic E-state index is 10.3. The lowest BCUT2D eigenvalue weighted by Crippen LogP contribution is -2.34. The van der Waals surface area contributed by atoms with Crippen LogP contribution in [0.5, 0.6) is 0 Å². The lowest BCUT2D eigenvalue weighted by Gasteiger charge is -2.08. The van der Waals surface area contributed by atoms with E-state index in [0.717, 1.165) is 45.9 Å². The van der Waals surface area contributed by atoms with Crippen LogP contribution in [0.15, 0.2) is 0 Å². The summed E-state index contributed by atoms with van der Waals surface area (Å²) in [6, 6.07) is 0. The zero-order valence-corrected chi connectivity index (χ0v) is 16.9. The minimum absolute atomic E-state index is 0.0316. The highest BCUT2D eigenvalue weighted by Gasteiger charge is 1.94. The van der Waals surface area contributed by atoms with E-state index in [1.54, 1.807) is 0 Å². The molecule has 7 nitrogen and oxygen atoms in total. The number of unbranched alkanes of at least 4 members (excludes halogenated alkanes) is 6. The molecule has 0 unspecified atom stereocenters. The average molecular weight is 374 g/mol. The summed E-state index contributed by atoms with van der Waals surface area (Å²) in [5, 5.41) is 24.9. The minimum Gasteiger partial charge on any atom is -0.480 e. The Labute approximate surface area is 160 Å². The van der Waals surface area contributed by atoms with Gasteiger partial charge in [0, 0.05) is 32.8 Å². The van der Waals surface area contributed by atoms with Gasteiger partial charge >= 0.3 is 5.97 Å². The molecule has 7 heteroatoms. The standard InChI is InChI=1S/C19H43N5O2/c1-2-3-4-5-7-11-23-18-24-12-9-6-8-10-20-13-14-21-15-16-22-17-19(25)26/h20-24H,2-18H2,1H3,(H,25,26). The number of carboxylic acids is 1. The zero-order valence-electron chi connectivity index (χ0n) is 16.9. The summed E-state index contributed by atoms with van der Waals surface area (Å²) in [4.78, 5) is 10.3. The van der Waals surface area contributed by atoms with Gasteiger partial charge in [0.2, 0.25) is 0 Å². The Balaban J connectivity index is 2.98. The Kier molecular flexibility index (Phi) is 21.7. The molecule has 0 radical (unpaired) electrons. The summed E-state index contributed by atoms with van der Waals surface area (Å²) >= 11 is 0. The van der Waals surface area contributed by atoms with E-state index in [0.29, 0.717) is 6.54 Å². The maximum Gasteiger partial charge on any atom is 0.317 e. The number of hydrogen-bond acceptors (Lipinski definition) is 6. The molecule has 0 spiro atoms. The largest absolute Gasteiger partial charge is 0.480 e. The monoisotopic (exact) mass is 373 g/mol. The van der Waals surface area contributed by atoms with Gasteiger partial charge in [-0.2, -0.15) is 0 Å². The fraction of sp³-hybridized carbons (Fsp3) is 0.947. The molecule has 0 fully saturated rings. The Hall–Kier alpha value is -0.730. The molecule has 0 heterocycles. The van der Waals surface area contributed by atoms with Gasteiger partial charge < -0.3 is 31.7 Å². The third-order valence-electron chi connectivity index (χ3n) is 4.15.